The number of carbonyl (C=O) groups excluding carboxylic acids is 3. The molecule has 2 fully saturated rings. The molecule has 9 nitrogen and oxygen atoms in total. The van der Waals surface area contributed by atoms with Crippen molar-refractivity contribution < 1.29 is 23.9 Å². The maximum atomic E-state index is 13.3. The second-order valence-corrected chi connectivity index (χ2v) is 8.93. The number of hydrogen-bond donors (Lipinski definition) is 1. The molecular formula is C28H28N4O5. The Bertz CT molecular complexity index is 1380. The Morgan fingerprint density at radius 2 is 1.51 bits per heavy atom. The van der Waals surface area contributed by atoms with Crippen LogP contribution in [0.3, 0.4) is 0 Å². The molecule has 3 aromatic rings. The summed E-state index contributed by atoms with van der Waals surface area (Å²) in [6, 6.07) is 15.9. The van der Waals surface area contributed by atoms with Gasteiger partial charge in [-0.2, -0.15) is 0 Å². The lowest BCUT2D eigenvalue weighted by atomic mass is 10.1. The van der Waals surface area contributed by atoms with Crippen LogP contribution in [0.15, 0.2) is 60.2 Å². The number of nitrogens with one attached hydrogen (secondary N) is 1. The van der Waals surface area contributed by atoms with Crippen molar-refractivity contribution in [2.24, 2.45) is 0 Å². The second-order valence-electron chi connectivity index (χ2n) is 8.93. The highest BCUT2D eigenvalue weighted by Crippen LogP contribution is 2.28. The largest absolute Gasteiger partial charge is 0.497 e. The van der Waals surface area contributed by atoms with E-state index in [1.54, 1.807) is 30.3 Å². The van der Waals surface area contributed by atoms with E-state index in [2.05, 4.69) is 39.0 Å². The van der Waals surface area contributed by atoms with Gasteiger partial charge in [0.2, 0.25) is 0 Å². The number of carbonyl (C=O) groups is 3. The van der Waals surface area contributed by atoms with E-state index >= 15 is 0 Å². The summed E-state index contributed by atoms with van der Waals surface area (Å²) in [4.78, 5) is 41.7. The molecule has 0 atom stereocenters. The van der Waals surface area contributed by atoms with Gasteiger partial charge in [-0.05, 0) is 80.1 Å². The van der Waals surface area contributed by atoms with Crippen LogP contribution < -0.4 is 19.9 Å². The first-order valence-electron chi connectivity index (χ1n) is 12.0. The highest BCUT2D eigenvalue weighted by molar-refractivity contribution is 6.39. The topological polar surface area (TPSA) is 93.1 Å². The third kappa shape index (κ3) is 4.61. The minimum absolute atomic E-state index is 0.113. The van der Waals surface area contributed by atoms with Crippen LogP contribution in [0.5, 0.6) is 5.75 Å². The van der Waals surface area contributed by atoms with Gasteiger partial charge in [0.25, 0.3) is 11.8 Å². The summed E-state index contributed by atoms with van der Waals surface area (Å²) in [7, 11) is 1.53. The Hall–Kier alpha value is -4.37. The predicted molar refractivity (Wildman–Crippen MR) is 140 cm³/mol. The second kappa shape index (κ2) is 9.94. The Morgan fingerprint density at radius 3 is 2.16 bits per heavy atom. The maximum absolute atomic E-state index is 13.3. The molecule has 1 N–H and O–H groups in total. The summed E-state index contributed by atoms with van der Waals surface area (Å²) in [5.74, 6) is -0.816. The number of barbiturate groups is 1. The van der Waals surface area contributed by atoms with Gasteiger partial charge in [-0.3, -0.25) is 14.9 Å². The zero-order valence-electron chi connectivity index (χ0n) is 21.0. The Kier molecular flexibility index (Phi) is 6.54. The van der Waals surface area contributed by atoms with E-state index in [4.69, 9.17) is 9.47 Å². The molecular weight excluding hydrogens is 472 g/mol. The molecule has 2 saturated heterocycles. The Balaban J connectivity index is 1.45. The summed E-state index contributed by atoms with van der Waals surface area (Å²) in [6.45, 7) is 7.09. The van der Waals surface area contributed by atoms with Gasteiger partial charge in [0.05, 0.1) is 26.0 Å². The van der Waals surface area contributed by atoms with Crippen molar-refractivity contribution in [3.63, 3.8) is 0 Å². The standard InChI is InChI=1S/C28H28N4O5/c1-18-16-20(19(2)31(18)22-6-4-21(5-7-22)30-12-14-37-15-13-30)17-25-26(33)29-28(35)32(27(25)34)23-8-10-24(36-3)11-9-23/h4-11,16-17H,12-15H2,1-3H3,(H,29,33,35)/b25-17+. The average Bonchev–Trinajstić information content (AvgIpc) is 3.19. The van der Waals surface area contributed by atoms with Gasteiger partial charge >= 0.3 is 6.03 Å². The SMILES string of the molecule is COc1ccc(N2C(=O)NC(=O)/C(=C\c3cc(C)n(-c4ccc(N5CCOCC5)cc4)c3C)C2=O)cc1. The van der Waals surface area contributed by atoms with E-state index in [0.29, 0.717) is 11.4 Å². The van der Waals surface area contributed by atoms with Crippen LogP contribution in [-0.4, -0.2) is 55.8 Å². The van der Waals surface area contributed by atoms with E-state index in [1.165, 1.54) is 7.11 Å². The van der Waals surface area contributed by atoms with Crippen molar-refractivity contribution in [3.05, 3.63) is 77.1 Å². The summed E-state index contributed by atoms with van der Waals surface area (Å²) in [6.07, 6.45) is 1.54. The molecule has 5 rings (SSSR count). The first-order valence-corrected chi connectivity index (χ1v) is 12.0. The molecule has 3 heterocycles. The lowest BCUT2D eigenvalue weighted by Gasteiger charge is -2.29. The van der Waals surface area contributed by atoms with Gasteiger partial charge < -0.3 is 18.9 Å². The zero-order valence-corrected chi connectivity index (χ0v) is 21.0. The molecule has 2 aromatic carbocycles. The van der Waals surface area contributed by atoms with E-state index in [9.17, 15) is 14.4 Å². The number of urea groups is 1. The number of imide groups is 2. The number of hydrogen-bond acceptors (Lipinski definition) is 6. The molecule has 0 unspecified atom stereocenters. The number of benzene rings is 2. The molecule has 190 valence electrons. The predicted octanol–water partition coefficient (Wildman–Crippen LogP) is 3.61. The van der Waals surface area contributed by atoms with Gasteiger partial charge in [-0.15, -0.1) is 0 Å². The van der Waals surface area contributed by atoms with Gasteiger partial charge in [0, 0.05) is 35.9 Å². The molecule has 1 aromatic heterocycles. The molecule has 0 radical (unpaired) electrons. The Labute approximate surface area is 214 Å². The highest BCUT2D eigenvalue weighted by Gasteiger charge is 2.37. The average molecular weight is 501 g/mol. The quantitative estimate of drug-likeness (QED) is 0.425. The monoisotopic (exact) mass is 500 g/mol. The number of morpholine rings is 1. The normalized spacial score (nSPS) is 17.4. The molecule has 2 aliphatic rings. The summed E-state index contributed by atoms with van der Waals surface area (Å²) in [5.41, 5.74) is 4.90. The molecule has 9 heteroatoms. The number of aryl methyl sites for hydroxylation is 1. The van der Waals surface area contributed by atoms with Gasteiger partial charge in [0.15, 0.2) is 0 Å². The highest BCUT2D eigenvalue weighted by atomic mass is 16.5. The van der Waals surface area contributed by atoms with E-state index in [-0.39, 0.29) is 5.57 Å². The molecule has 2 aliphatic heterocycles. The van der Waals surface area contributed by atoms with Crippen molar-refractivity contribution >= 4 is 35.3 Å². The van der Waals surface area contributed by atoms with Crippen molar-refractivity contribution in [2.75, 3.05) is 43.2 Å². The fraction of sp³-hybridized carbons (Fsp3) is 0.250. The van der Waals surface area contributed by atoms with Crippen LogP contribution in [0.1, 0.15) is 17.0 Å². The smallest absolute Gasteiger partial charge is 0.335 e. The molecule has 0 saturated carbocycles. The molecule has 0 bridgehead atoms. The fourth-order valence-electron chi connectivity index (χ4n) is 4.74. The lowest BCUT2D eigenvalue weighted by Crippen LogP contribution is -2.54. The van der Waals surface area contributed by atoms with Crippen LogP contribution in [-0.2, 0) is 14.3 Å². The van der Waals surface area contributed by atoms with Gasteiger partial charge in [0.1, 0.15) is 11.3 Å². The summed E-state index contributed by atoms with van der Waals surface area (Å²) < 4.78 is 12.7. The number of ether oxygens (including phenoxy) is 2. The maximum Gasteiger partial charge on any atom is 0.335 e. The van der Waals surface area contributed by atoms with Crippen LogP contribution in [0.4, 0.5) is 16.2 Å². The fourth-order valence-corrected chi connectivity index (χ4v) is 4.74. The van der Waals surface area contributed by atoms with Crippen LogP contribution in [0, 0.1) is 13.8 Å². The number of amides is 4. The Morgan fingerprint density at radius 1 is 0.892 bits per heavy atom. The zero-order chi connectivity index (χ0) is 26.1. The number of methoxy groups -OCH3 is 1. The minimum Gasteiger partial charge on any atom is -0.497 e. The third-order valence-electron chi connectivity index (χ3n) is 6.69. The number of anilines is 2. The first-order chi connectivity index (χ1) is 17.9. The first kappa shape index (κ1) is 24.3. The van der Waals surface area contributed by atoms with Crippen molar-refractivity contribution in [1.82, 2.24) is 9.88 Å². The lowest BCUT2D eigenvalue weighted by molar-refractivity contribution is -0.122. The van der Waals surface area contributed by atoms with Crippen molar-refractivity contribution in [3.8, 4) is 11.4 Å². The van der Waals surface area contributed by atoms with Gasteiger partial charge in [-0.25, -0.2) is 9.69 Å². The minimum atomic E-state index is -0.789. The molecule has 4 amide bonds. The number of nitrogens with zero attached hydrogens (tertiary/aromatic N) is 3. The van der Waals surface area contributed by atoms with E-state index in [1.807, 2.05) is 19.9 Å². The molecule has 37 heavy (non-hydrogen) atoms. The van der Waals surface area contributed by atoms with Crippen LogP contribution in [0.2, 0.25) is 0 Å². The summed E-state index contributed by atoms with van der Waals surface area (Å²) >= 11 is 0. The van der Waals surface area contributed by atoms with Crippen molar-refractivity contribution in [2.45, 2.75) is 13.8 Å². The molecule has 0 aliphatic carbocycles. The van der Waals surface area contributed by atoms with E-state index in [0.717, 1.165) is 59.5 Å². The summed E-state index contributed by atoms with van der Waals surface area (Å²) in [5, 5.41) is 2.27. The number of rotatable bonds is 5. The van der Waals surface area contributed by atoms with Crippen LogP contribution >= 0.6 is 0 Å². The van der Waals surface area contributed by atoms with Gasteiger partial charge in [-0.1, -0.05) is 0 Å². The van der Waals surface area contributed by atoms with Crippen molar-refractivity contribution in [1.29, 1.82) is 0 Å². The van der Waals surface area contributed by atoms with Crippen LogP contribution in [0.25, 0.3) is 11.8 Å². The van der Waals surface area contributed by atoms with E-state index < -0.39 is 17.8 Å². The molecule has 0 spiro atoms. The third-order valence-corrected chi connectivity index (χ3v) is 6.69. The number of aromatic nitrogens is 1.